The van der Waals surface area contributed by atoms with Gasteiger partial charge in [-0.2, -0.15) is 0 Å². The summed E-state index contributed by atoms with van der Waals surface area (Å²) in [5.41, 5.74) is 6.47. The number of aromatic nitrogens is 3. The van der Waals surface area contributed by atoms with Crippen molar-refractivity contribution in [3.8, 4) is 0 Å². The molecule has 0 aliphatic heterocycles. The summed E-state index contributed by atoms with van der Waals surface area (Å²) in [7, 11) is 1.69. The summed E-state index contributed by atoms with van der Waals surface area (Å²) >= 11 is 0. The molecule has 0 spiro atoms. The lowest BCUT2D eigenvalue weighted by molar-refractivity contribution is 0.198. The molecule has 16 heavy (non-hydrogen) atoms. The summed E-state index contributed by atoms with van der Waals surface area (Å²) in [5.74, 6) is 1.18. The van der Waals surface area contributed by atoms with E-state index in [-0.39, 0.29) is 0 Å². The highest BCUT2D eigenvalue weighted by Gasteiger charge is 2.04. The lowest BCUT2D eigenvalue weighted by Gasteiger charge is -2.07. The molecule has 0 unspecified atom stereocenters. The molecule has 6 heteroatoms. The van der Waals surface area contributed by atoms with Gasteiger partial charge in [-0.3, -0.25) is 0 Å². The van der Waals surface area contributed by atoms with Crippen molar-refractivity contribution in [2.45, 2.75) is 6.42 Å². The maximum absolute atomic E-state index is 5.69. The zero-order valence-corrected chi connectivity index (χ0v) is 9.18. The van der Waals surface area contributed by atoms with Gasteiger partial charge in [0, 0.05) is 32.7 Å². The highest BCUT2D eigenvalue weighted by Crippen LogP contribution is 2.14. The summed E-state index contributed by atoms with van der Waals surface area (Å²) in [6.45, 7) is 1.51. The number of ether oxygens (including phenoxy) is 1. The van der Waals surface area contributed by atoms with Crippen molar-refractivity contribution in [2.24, 2.45) is 0 Å². The number of nitrogens with zero attached hydrogens (tertiary/aromatic N) is 3. The van der Waals surface area contributed by atoms with Gasteiger partial charge in [0.15, 0.2) is 11.5 Å². The Morgan fingerprint density at radius 2 is 2.44 bits per heavy atom. The van der Waals surface area contributed by atoms with Gasteiger partial charge in [-0.15, -0.1) is 0 Å². The van der Waals surface area contributed by atoms with Gasteiger partial charge in [-0.25, -0.2) is 9.97 Å². The van der Waals surface area contributed by atoms with E-state index in [4.69, 9.17) is 10.5 Å². The Balaban J connectivity index is 2.12. The molecule has 2 rings (SSSR count). The van der Waals surface area contributed by atoms with Crippen LogP contribution in [0, 0.1) is 0 Å². The molecular weight excluding hydrogens is 206 g/mol. The number of imidazole rings is 1. The fourth-order valence-electron chi connectivity index (χ4n) is 1.49. The number of nitrogen functional groups attached to an aromatic ring is 1. The van der Waals surface area contributed by atoms with Crippen LogP contribution in [0.4, 0.5) is 11.6 Å². The standard InChI is InChI=1S/C10H15N5O/c1-16-6-2-3-12-9-10-13-4-5-15(10)7-8(11)14-9/h4-5,7H,2-3,6,11H2,1H3,(H,12,14). The third-order valence-electron chi connectivity index (χ3n) is 2.21. The van der Waals surface area contributed by atoms with Gasteiger partial charge in [0.1, 0.15) is 5.82 Å². The molecule has 0 atom stereocenters. The second-order valence-corrected chi connectivity index (χ2v) is 3.45. The van der Waals surface area contributed by atoms with Crippen molar-refractivity contribution in [2.75, 3.05) is 31.3 Å². The van der Waals surface area contributed by atoms with Gasteiger partial charge >= 0.3 is 0 Å². The first-order chi connectivity index (χ1) is 7.81. The summed E-state index contributed by atoms with van der Waals surface area (Å²) in [5, 5.41) is 3.19. The van der Waals surface area contributed by atoms with Gasteiger partial charge in [-0.05, 0) is 6.42 Å². The Hall–Kier alpha value is -1.82. The number of hydrogen-bond donors (Lipinski definition) is 2. The van der Waals surface area contributed by atoms with Crippen LogP contribution >= 0.6 is 0 Å². The molecule has 0 bridgehead atoms. The quantitative estimate of drug-likeness (QED) is 0.729. The largest absolute Gasteiger partial charge is 0.385 e. The Kier molecular flexibility index (Phi) is 3.21. The summed E-state index contributed by atoms with van der Waals surface area (Å²) in [4.78, 5) is 8.42. The van der Waals surface area contributed by atoms with Gasteiger partial charge < -0.3 is 20.2 Å². The lowest BCUT2D eigenvalue weighted by Crippen LogP contribution is -2.09. The lowest BCUT2D eigenvalue weighted by atomic mass is 10.4. The van der Waals surface area contributed by atoms with Gasteiger partial charge in [0.05, 0.1) is 6.20 Å². The third-order valence-corrected chi connectivity index (χ3v) is 2.21. The van der Waals surface area contributed by atoms with Crippen LogP contribution in [0.5, 0.6) is 0 Å². The first-order valence-corrected chi connectivity index (χ1v) is 5.13. The Bertz CT molecular complexity index is 467. The minimum absolute atomic E-state index is 0.472. The molecule has 0 aliphatic rings. The molecule has 0 amide bonds. The van der Waals surface area contributed by atoms with Crippen molar-refractivity contribution in [3.63, 3.8) is 0 Å². The third kappa shape index (κ3) is 2.22. The molecule has 2 aromatic heterocycles. The smallest absolute Gasteiger partial charge is 0.180 e. The van der Waals surface area contributed by atoms with Gasteiger partial charge in [-0.1, -0.05) is 0 Å². The molecule has 0 aromatic carbocycles. The van der Waals surface area contributed by atoms with Crippen LogP contribution in [-0.2, 0) is 4.74 Å². The molecule has 0 aliphatic carbocycles. The van der Waals surface area contributed by atoms with Crippen LogP contribution in [-0.4, -0.2) is 34.6 Å². The van der Waals surface area contributed by atoms with Crippen molar-refractivity contribution in [1.82, 2.24) is 14.4 Å². The molecule has 86 valence electrons. The van der Waals surface area contributed by atoms with Crippen LogP contribution in [0.1, 0.15) is 6.42 Å². The summed E-state index contributed by atoms with van der Waals surface area (Å²) < 4.78 is 6.82. The Morgan fingerprint density at radius 3 is 3.25 bits per heavy atom. The minimum atomic E-state index is 0.472. The first kappa shape index (κ1) is 10.7. The van der Waals surface area contributed by atoms with E-state index in [0.29, 0.717) is 11.6 Å². The monoisotopic (exact) mass is 221 g/mol. The van der Waals surface area contributed by atoms with Crippen molar-refractivity contribution in [3.05, 3.63) is 18.6 Å². The zero-order chi connectivity index (χ0) is 11.4. The van der Waals surface area contributed by atoms with E-state index < -0.39 is 0 Å². The average molecular weight is 221 g/mol. The number of nitrogens with one attached hydrogen (secondary N) is 1. The van der Waals surface area contributed by atoms with Crippen LogP contribution in [0.2, 0.25) is 0 Å². The predicted octanol–water partition coefficient (Wildman–Crippen LogP) is 0.760. The van der Waals surface area contributed by atoms with E-state index in [0.717, 1.165) is 25.2 Å². The molecule has 3 N–H and O–H groups in total. The van der Waals surface area contributed by atoms with Crippen LogP contribution < -0.4 is 11.1 Å². The molecular formula is C10H15N5O. The van der Waals surface area contributed by atoms with E-state index in [9.17, 15) is 0 Å². The van der Waals surface area contributed by atoms with Crippen LogP contribution in [0.15, 0.2) is 18.6 Å². The Morgan fingerprint density at radius 1 is 1.56 bits per heavy atom. The van der Waals surface area contributed by atoms with Crippen molar-refractivity contribution >= 4 is 17.3 Å². The summed E-state index contributed by atoms with van der Waals surface area (Å²) in [6.07, 6.45) is 6.22. The fraction of sp³-hybridized carbons (Fsp3) is 0.400. The van der Waals surface area contributed by atoms with Crippen LogP contribution in [0.3, 0.4) is 0 Å². The fourth-order valence-corrected chi connectivity index (χ4v) is 1.49. The number of anilines is 2. The maximum Gasteiger partial charge on any atom is 0.180 e. The molecule has 2 heterocycles. The molecule has 0 radical (unpaired) electrons. The molecule has 0 fully saturated rings. The number of nitrogens with two attached hydrogens (primary N) is 1. The van der Waals surface area contributed by atoms with Crippen LogP contribution in [0.25, 0.3) is 5.65 Å². The van der Waals surface area contributed by atoms with Crippen molar-refractivity contribution < 1.29 is 4.74 Å². The summed E-state index contributed by atoms with van der Waals surface area (Å²) in [6, 6.07) is 0. The first-order valence-electron chi connectivity index (χ1n) is 5.13. The van der Waals surface area contributed by atoms with Gasteiger partial charge in [0.2, 0.25) is 0 Å². The number of hydrogen-bond acceptors (Lipinski definition) is 5. The molecule has 0 saturated carbocycles. The average Bonchev–Trinajstić information content (AvgIpc) is 2.72. The number of fused-ring (bicyclic) bond motifs is 1. The Labute approximate surface area is 93.5 Å². The van der Waals surface area contributed by atoms with Gasteiger partial charge in [0.25, 0.3) is 0 Å². The zero-order valence-electron chi connectivity index (χ0n) is 9.18. The van der Waals surface area contributed by atoms with E-state index in [1.807, 2.05) is 10.6 Å². The SMILES string of the molecule is COCCCNc1nc(N)cn2ccnc12. The topological polar surface area (TPSA) is 77.5 Å². The molecule has 2 aromatic rings. The minimum Gasteiger partial charge on any atom is -0.385 e. The maximum atomic E-state index is 5.69. The van der Waals surface area contributed by atoms with E-state index in [2.05, 4.69) is 15.3 Å². The van der Waals surface area contributed by atoms with E-state index in [1.165, 1.54) is 0 Å². The normalized spacial score (nSPS) is 10.8. The molecule has 0 saturated heterocycles. The number of rotatable bonds is 5. The number of methoxy groups -OCH3 is 1. The van der Waals surface area contributed by atoms with E-state index >= 15 is 0 Å². The second-order valence-electron chi connectivity index (χ2n) is 3.45. The highest BCUT2D eigenvalue weighted by atomic mass is 16.5. The molecule has 6 nitrogen and oxygen atoms in total. The second kappa shape index (κ2) is 4.80. The van der Waals surface area contributed by atoms with E-state index in [1.54, 1.807) is 19.5 Å². The predicted molar refractivity (Wildman–Crippen MR) is 62.4 cm³/mol. The highest BCUT2D eigenvalue weighted by molar-refractivity contribution is 5.64. The van der Waals surface area contributed by atoms with Crippen molar-refractivity contribution in [1.29, 1.82) is 0 Å².